The average molecular weight is 190 g/mol. The third-order valence-electron chi connectivity index (χ3n) is 2.38. The standard InChI is InChI=1S/C11H14N2O/c1-8(6-12)4-9-2-3-11-10(5-9)13-7-14-11/h2-3,5,7-8H,4,6,12H2,1H3. The molecule has 0 aliphatic carbocycles. The molecule has 0 aliphatic rings. The number of hydrogen-bond acceptors (Lipinski definition) is 3. The smallest absolute Gasteiger partial charge is 0.181 e. The fraction of sp³-hybridized carbons (Fsp3) is 0.364. The summed E-state index contributed by atoms with van der Waals surface area (Å²) in [7, 11) is 0. The summed E-state index contributed by atoms with van der Waals surface area (Å²) in [6.45, 7) is 2.86. The number of nitrogens with zero attached hydrogens (tertiary/aromatic N) is 1. The second-order valence-corrected chi connectivity index (χ2v) is 3.70. The van der Waals surface area contributed by atoms with Crippen molar-refractivity contribution < 1.29 is 4.42 Å². The largest absolute Gasteiger partial charge is 0.443 e. The monoisotopic (exact) mass is 190 g/mol. The van der Waals surface area contributed by atoms with Gasteiger partial charge in [-0.15, -0.1) is 0 Å². The Balaban J connectivity index is 2.25. The van der Waals surface area contributed by atoms with Gasteiger partial charge in [0.15, 0.2) is 12.0 Å². The molecule has 1 aromatic heterocycles. The van der Waals surface area contributed by atoms with E-state index < -0.39 is 0 Å². The topological polar surface area (TPSA) is 52.0 Å². The molecule has 0 radical (unpaired) electrons. The van der Waals surface area contributed by atoms with Crippen LogP contribution in [-0.4, -0.2) is 11.5 Å². The minimum absolute atomic E-state index is 0.513. The SMILES string of the molecule is CC(CN)Cc1ccc2ocnc2c1. The van der Waals surface area contributed by atoms with E-state index in [9.17, 15) is 0 Å². The first kappa shape index (κ1) is 9.21. The van der Waals surface area contributed by atoms with Crippen molar-refractivity contribution in [1.82, 2.24) is 4.98 Å². The first-order valence-corrected chi connectivity index (χ1v) is 4.82. The molecule has 0 saturated heterocycles. The molecule has 2 aromatic rings. The third kappa shape index (κ3) is 1.77. The van der Waals surface area contributed by atoms with E-state index in [1.807, 2.05) is 6.07 Å². The summed E-state index contributed by atoms with van der Waals surface area (Å²) in [5.74, 6) is 0.513. The summed E-state index contributed by atoms with van der Waals surface area (Å²) in [6, 6.07) is 6.09. The van der Waals surface area contributed by atoms with Crippen molar-refractivity contribution in [1.29, 1.82) is 0 Å². The van der Waals surface area contributed by atoms with Crippen molar-refractivity contribution in [2.45, 2.75) is 13.3 Å². The zero-order valence-electron chi connectivity index (χ0n) is 8.23. The summed E-state index contributed by atoms with van der Waals surface area (Å²) in [4.78, 5) is 4.11. The van der Waals surface area contributed by atoms with Crippen LogP contribution in [0.25, 0.3) is 11.1 Å². The Morgan fingerprint density at radius 1 is 1.50 bits per heavy atom. The lowest BCUT2D eigenvalue weighted by atomic mass is 10.0. The van der Waals surface area contributed by atoms with Gasteiger partial charge < -0.3 is 10.2 Å². The van der Waals surface area contributed by atoms with Crippen LogP contribution in [-0.2, 0) is 6.42 Å². The first-order valence-electron chi connectivity index (χ1n) is 4.82. The van der Waals surface area contributed by atoms with Gasteiger partial charge in [-0.1, -0.05) is 13.0 Å². The lowest BCUT2D eigenvalue weighted by Crippen LogP contribution is -2.12. The Morgan fingerprint density at radius 3 is 3.14 bits per heavy atom. The van der Waals surface area contributed by atoms with Crippen LogP contribution in [0.5, 0.6) is 0 Å². The van der Waals surface area contributed by atoms with Gasteiger partial charge in [0.1, 0.15) is 5.52 Å². The van der Waals surface area contributed by atoms with Gasteiger partial charge in [0.05, 0.1) is 0 Å². The van der Waals surface area contributed by atoms with E-state index in [-0.39, 0.29) is 0 Å². The summed E-state index contributed by atoms with van der Waals surface area (Å²) >= 11 is 0. The van der Waals surface area contributed by atoms with E-state index in [2.05, 4.69) is 24.0 Å². The van der Waals surface area contributed by atoms with Crippen LogP contribution in [0.2, 0.25) is 0 Å². The predicted octanol–water partition coefficient (Wildman–Crippen LogP) is 1.97. The summed E-state index contributed by atoms with van der Waals surface area (Å²) in [5.41, 5.74) is 8.61. The molecule has 74 valence electrons. The average Bonchev–Trinajstić information content (AvgIpc) is 2.64. The van der Waals surface area contributed by atoms with Gasteiger partial charge in [0, 0.05) is 0 Å². The van der Waals surface area contributed by atoms with Crippen molar-refractivity contribution in [3.8, 4) is 0 Å². The van der Waals surface area contributed by atoms with E-state index in [1.165, 1.54) is 12.0 Å². The Labute approximate surface area is 82.9 Å². The van der Waals surface area contributed by atoms with E-state index >= 15 is 0 Å². The fourth-order valence-electron chi connectivity index (χ4n) is 1.52. The molecule has 2 rings (SSSR count). The van der Waals surface area contributed by atoms with Crippen molar-refractivity contribution in [2.24, 2.45) is 11.7 Å². The molecule has 0 aliphatic heterocycles. The third-order valence-corrected chi connectivity index (χ3v) is 2.38. The number of oxazole rings is 1. The first-order chi connectivity index (χ1) is 6.79. The minimum atomic E-state index is 0.513. The van der Waals surface area contributed by atoms with Crippen LogP contribution in [0, 0.1) is 5.92 Å². The molecule has 0 bridgehead atoms. The highest BCUT2D eigenvalue weighted by atomic mass is 16.3. The Bertz CT molecular complexity index is 422. The van der Waals surface area contributed by atoms with Crippen molar-refractivity contribution in [2.75, 3.05) is 6.54 Å². The van der Waals surface area contributed by atoms with Crippen LogP contribution in [0.1, 0.15) is 12.5 Å². The normalized spacial score (nSPS) is 13.3. The van der Waals surface area contributed by atoms with Crippen molar-refractivity contribution >= 4 is 11.1 Å². The van der Waals surface area contributed by atoms with Crippen molar-refractivity contribution in [3.05, 3.63) is 30.2 Å². The number of aromatic nitrogens is 1. The van der Waals surface area contributed by atoms with Gasteiger partial charge in [-0.05, 0) is 36.6 Å². The maximum absolute atomic E-state index is 5.58. The van der Waals surface area contributed by atoms with Crippen molar-refractivity contribution in [3.63, 3.8) is 0 Å². The molecule has 0 saturated carbocycles. The van der Waals surface area contributed by atoms with Gasteiger partial charge in [-0.3, -0.25) is 0 Å². The van der Waals surface area contributed by atoms with Gasteiger partial charge in [0.2, 0.25) is 0 Å². The molecule has 14 heavy (non-hydrogen) atoms. The highest BCUT2D eigenvalue weighted by Gasteiger charge is 2.03. The molecular formula is C11H14N2O. The number of benzene rings is 1. The molecule has 0 amide bonds. The van der Waals surface area contributed by atoms with E-state index in [4.69, 9.17) is 10.2 Å². The molecule has 1 heterocycles. The molecule has 3 heteroatoms. The fourth-order valence-corrected chi connectivity index (χ4v) is 1.52. The van der Waals surface area contributed by atoms with E-state index in [1.54, 1.807) is 0 Å². The summed E-state index contributed by atoms with van der Waals surface area (Å²) in [6.07, 6.45) is 2.47. The molecule has 0 spiro atoms. The quantitative estimate of drug-likeness (QED) is 0.805. The summed E-state index contributed by atoms with van der Waals surface area (Å²) < 4.78 is 5.17. The molecule has 3 nitrogen and oxygen atoms in total. The summed E-state index contributed by atoms with van der Waals surface area (Å²) in [5, 5.41) is 0. The minimum Gasteiger partial charge on any atom is -0.443 e. The number of rotatable bonds is 3. The zero-order chi connectivity index (χ0) is 9.97. The van der Waals surface area contributed by atoms with Crippen LogP contribution < -0.4 is 5.73 Å². The second-order valence-electron chi connectivity index (χ2n) is 3.70. The molecule has 0 fully saturated rings. The lowest BCUT2D eigenvalue weighted by molar-refractivity contribution is 0.592. The van der Waals surface area contributed by atoms with Gasteiger partial charge in [-0.2, -0.15) is 0 Å². The van der Waals surface area contributed by atoms with Gasteiger partial charge in [0.25, 0.3) is 0 Å². The Morgan fingerprint density at radius 2 is 2.36 bits per heavy atom. The Hall–Kier alpha value is -1.35. The predicted molar refractivity (Wildman–Crippen MR) is 55.9 cm³/mol. The molecule has 1 aromatic carbocycles. The molecule has 1 atom stereocenters. The van der Waals surface area contributed by atoms with Crippen LogP contribution in [0.3, 0.4) is 0 Å². The second kappa shape index (κ2) is 3.80. The molecular weight excluding hydrogens is 176 g/mol. The van der Waals surface area contributed by atoms with E-state index in [0.29, 0.717) is 5.92 Å². The highest BCUT2D eigenvalue weighted by molar-refractivity contribution is 5.72. The number of nitrogens with two attached hydrogens (primary N) is 1. The van der Waals surface area contributed by atoms with Gasteiger partial charge >= 0.3 is 0 Å². The van der Waals surface area contributed by atoms with E-state index in [0.717, 1.165) is 24.1 Å². The van der Waals surface area contributed by atoms with Crippen LogP contribution in [0.4, 0.5) is 0 Å². The van der Waals surface area contributed by atoms with Crippen LogP contribution in [0.15, 0.2) is 29.0 Å². The maximum atomic E-state index is 5.58. The van der Waals surface area contributed by atoms with Gasteiger partial charge in [-0.25, -0.2) is 4.98 Å². The number of hydrogen-bond donors (Lipinski definition) is 1. The zero-order valence-corrected chi connectivity index (χ0v) is 8.23. The molecule has 2 N–H and O–H groups in total. The maximum Gasteiger partial charge on any atom is 0.181 e. The molecule has 1 unspecified atom stereocenters. The Kier molecular flexibility index (Phi) is 2.50. The lowest BCUT2D eigenvalue weighted by Gasteiger charge is -2.07. The number of fused-ring (bicyclic) bond motifs is 1. The van der Waals surface area contributed by atoms with Crippen LogP contribution >= 0.6 is 0 Å². The highest BCUT2D eigenvalue weighted by Crippen LogP contribution is 2.16.